The number of benzene rings is 1. The number of ether oxygens (including phenoxy) is 1. The molecule has 1 aliphatic rings. The van der Waals surface area contributed by atoms with E-state index in [1.807, 2.05) is 24.3 Å². The monoisotopic (exact) mass is 313 g/mol. The van der Waals surface area contributed by atoms with Crippen molar-refractivity contribution >= 4 is 15.7 Å². The van der Waals surface area contributed by atoms with E-state index >= 15 is 0 Å². The van der Waals surface area contributed by atoms with Crippen LogP contribution in [-0.4, -0.2) is 63.2 Å². The minimum atomic E-state index is -3.05. The Morgan fingerprint density at radius 1 is 1.19 bits per heavy atom. The van der Waals surface area contributed by atoms with E-state index in [1.54, 1.807) is 0 Å². The van der Waals surface area contributed by atoms with Crippen LogP contribution < -0.4 is 10.5 Å². The van der Waals surface area contributed by atoms with Gasteiger partial charge in [0, 0.05) is 32.7 Å². The summed E-state index contributed by atoms with van der Waals surface area (Å²) in [5.41, 5.74) is 6.46. The maximum absolute atomic E-state index is 11.4. The summed E-state index contributed by atoms with van der Waals surface area (Å²) in [6.45, 7) is 4.22. The van der Waals surface area contributed by atoms with Crippen molar-refractivity contribution in [2.24, 2.45) is 0 Å². The van der Waals surface area contributed by atoms with Crippen molar-refractivity contribution in [3.63, 3.8) is 0 Å². The van der Waals surface area contributed by atoms with Crippen LogP contribution in [0.15, 0.2) is 24.3 Å². The third kappa shape index (κ3) is 4.87. The van der Waals surface area contributed by atoms with Gasteiger partial charge in [-0.25, -0.2) is 8.42 Å². The van der Waals surface area contributed by atoms with Crippen LogP contribution in [0.1, 0.15) is 6.42 Å². The van der Waals surface area contributed by atoms with Gasteiger partial charge in [-0.15, -0.1) is 0 Å². The average molecular weight is 313 g/mol. The van der Waals surface area contributed by atoms with Gasteiger partial charge in [0.15, 0.2) is 0 Å². The van der Waals surface area contributed by atoms with Gasteiger partial charge in [0.2, 0.25) is 10.0 Å². The van der Waals surface area contributed by atoms with Gasteiger partial charge in [0.05, 0.1) is 18.6 Å². The molecule has 1 aromatic rings. The molecular weight excluding hydrogens is 290 g/mol. The standard InChI is InChI=1S/C14H23N3O3S/c1-21(18,19)17-10-8-16(9-11-17)7-4-12-20-14-6-3-2-5-13(14)15/h2-3,5-6H,4,7-12,15H2,1H3. The number of nitrogens with zero attached hydrogens (tertiary/aromatic N) is 2. The Morgan fingerprint density at radius 3 is 2.48 bits per heavy atom. The minimum Gasteiger partial charge on any atom is -0.491 e. The zero-order valence-corrected chi connectivity index (χ0v) is 13.2. The van der Waals surface area contributed by atoms with Gasteiger partial charge < -0.3 is 15.4 Å². The summed E-state index contributed by atoms with van der Waals surface area (Å²) in [7, 11) is -3.05. The highest BCUT2D eigenvalue weighted by molar-refractivity contribution is 7.88. The van der Waals surface area contributed by atoms with E-state index in [1.165, 1.54) is 10.6 Å². The number of anilines is 1. The van der Waals surface area contributed by atoms with Crippen LogP contribution in [0.2, 0.25) is 0 Å². The maximum atomic E-state index is 11.4. The van der Waals surface area contributed by atoms with Crippen LogP contribution >= 0.6 is 0 Å². The largest absolute Gasteiger partial charge is 0.491 e. The summed E-state index contributed by atoms with van der Waals surface area (Å²) in [4.78, 5) is 2.26. The van der Waals surface area contributed by atoms with Crippen LogP contribution in [0.25, 0.3) is 0 Å². The molecule has 1 aliphatic heterocycles. The molecule has 118 valence electrons. The molecule has 1 fully saturated rings. The van der Waals surface area contributed by atoms with Gasteiger partial charge in [0.1, 0.15) is 5.75 Å². The third-order valence-electron chi connectivity index (χ3n) is 3.60. The lowest BCUT2D eigenvalue weighted by Crippen LogP contribution is -2.48. The second-order valence-corrected chi connectivity index (χ2v) is 7.23. The van der Waals surface area contributed by atoms with Gasteiger partial charge in [-0.3, -0.25) is 0 Å². The molecule has 0 unspecified atom stereocenters. The van der Waals surface area contributed by atoms with Crippen LogP contribution in [-0.2, 0) is 10.0 Å². The molecule has 0 atom stereocenters. The molecule has 0 aromatic heterocycles. The molecule has 0 amide bonds. The molecule has 0 bridgehead atoms. The molecule has 2 N–H and O–H groups in total. The van der Waals surface area contributed by atoms with Gasteiger partial charge in [-0.2, -0.15) is 4.31 Å². The quantitative estimate of drug-likeness (QED) is 0.615. The summed E-state index contributed by atoms with van der Waals surface area (Å²) < 4.78 is 30.0. The van der Waals surface area contributed by atoms with Crippen molar-refractivity contribution in [2.45, 2.75) is 6.42 Å². The highest BCUT2D eigenvalue weighted by atomic mass is 32.2. The average Bonchev–Trinajstić information content (AvgIpc) is 2.45. The van der Waals surface area contributed by atoms with E-state index < -0.39 is 10.0 Å². The van der Waals surface area contributed by atoms with Gasteiger partial charge in [-0.05, 0) is 18.6 Å². The molecule has 0 saturated carbocycles. The van der Waals surface area contributed by atoms with Crippen molar-refractivity contribution in [3.8, 4) is 5.75 Å². The van der Waals surface area contributed by atoms with Crippen LogP contribution in [0.3, 0.4) is 0 Å². The Balaban J connectivity index is 1.66. The predicted molar refractivity (Wildman–Crippen MR) is 83.8 cm³/mol. The maximum Gasteiger partial charge on any atom is 0.211 e. The van der Waals surface area contributed by atoms with Crippen molar-refractivity contribution in [1.29, 1.82) is 0 Å². The lowest BCUT2D eigenvalue weighted by atomic mass is 10.3. The second-order valence-electron chi connectivity index (χ2n) is 5.24. The molecule has 1 heterocycles. The number of nitrogen functional groups attached to an aromatic ring is 1. The smallest absolute Gasteiger partial charge is 0.211 e. The van der Waals surface area contributed by atoms with Gasteiger partial charge in [-0.1, -0.05) is 12.1 Å². The Labute approximate surface area is 126 Å². The number of piperazine rings is 1. The highest BCUT2D eigenvalue weighted by Gasteiger charge is 2.22. The molecule has 21 heavy (non-hydrogen) atoms. The fraction of sp³-hybridized carbons (Fsp3) is 0.571. The lowest BCUT2D eigenvalue weighted by molar-refractivity contribution is 0.175. The molecule has 0 spiro atoms. The number of para-hydroxylation sites is 2. The summed E-state index contributed by atoms with van der Waals surface area (Å²) in [5.74, 6) is 0.722. The predicted octanol–water partition coefficient (Wildman–Crippen LogP) is 0.615. The van der Waals surface area contributed by atoms with Crippen molar-refractivity contribution in [2.75, 3.05) is 51.3 Å². The molecule has 2 rings (SSSR count). The molecule has 1 saturated heterocycles. The molecule has 0 radical (unpaired) electrons. The van der Waals surface area contributed by atoms with E-state index in [-0.39, 0.29) is 0 Å². The zero-order valence-electron chi connectivity index (χ0n) is 12.4. The number of nitrogens with two attached hydrogens (primary N) is 1. The van der Waals surface area contributed by atoms with E-state index in [0.29, 0.717) is 25.4 Å². The second kappa shape index (κ2) is 7.11. The summed E-state index contributed by atoms with van der Waals surface area (Å²) in [6, 6.07) is 7.46. The molecule has 1 aromatic carbocycles. The minimum absolute atomic E-state index is 0.575. The number of sulfonamides is 1. The van der Waals surface area contributed by atoms with E-state index in [0.717, 1.165) is 31.8 Å². The SMILES string of the molecule is CS(=O)(=O)N1CCN(CCCOc2ccccc2N)CC1. The van der Waals surface area contributed by atoms with E-state index in [2.05, 4.69) is 4.90 Å². The Bertz CT molecular complexity index is 554. The number of rotatable bonds is 6. The van der Waals surface area contributed by atoms with Gasteiger partial charge in [0.25, 0.3) is 0 Å². The first-order valence-electron chi connectivity index (χ1n) is 7.11. The van der Waals surface area contributed by atoms with Gasteiger partial charge >= 0.3 is 0 Å². The topological polar surface area (TPSA) is 75.9 Å². The molecule has 6 nitrogen and oxygen atoms in total. The zero-order chi connectivity index (χ0) is 15.3. The highest BCUT2D eigenvalue weighted by Crippen LogP contribution is 2.19. The normalized spacial score (nSPS) is 17.8. The Kier molecular flexibility index (Phi) is 5.44. The Morgan fingerprint density at radius 2 is 1.86 bits per heavy atom. The summed E-state index contributed by atoms with van der Waals surface area (Å²) >= 11 is 0. The van der Waals surface area contributed by atoms with E-state index in [9.17, 15) is 8.42 Å². The fourth-order valence-corrected chi connectivity index (χ4v) is 3.19. The van der Waals surface area contributed by atoms with Crippen molar-refractivity contribution in [3.05, 3.63) is 24.3 Å². The van der Waals surface area contributed by atoms with Crippen molar-refractivity contribution < 1.29 is 13.2 Å². The molecular formula is C14H23N3O3S. The third-order valence-corrected chi connectivity index (χ3v) is 4.90. The van der Waals surface area contributed by atoms with Crippen LogP contribution in [0.4, 0.5) is 5.69 Å². The Hall–Kier alpha value is -1.31. The first kappa shape index (κ1) is 16.1. The molecule has 0 aliphatic carbocycles. The fourth-order valence-electron chi connectivity index (χ4n) is 2.37. The van der Waals surface area contributed by atoms with E-state index in [4.69, 9.17) is 10.5 Å². The van der Waals surface area contributed by atoms with Crippen molar-refractivity contribution in [1.82, 2.24) is 9.21 Å². The number of hydrogen-bond donors (Lipinski definition) is 1. The molecule has 7 heteroatoms. The van der Waals surface area contributed by atoms with Crippen LogP contribution in [0.5, 0.6) is 5.75 Å². The lowest BCUT2D eigenvalue weighted by Gasteiger charge is -2.33. The first-order chi connectivity index (χ1) is 9.97. The number of hydrogen-bond acceptors (Lipinski definition) is 5. The summed E-state index contributed by atoms with van der Waals surface area (Å²) in [5, 5.41) is 0. The first-order valence-corrected chi connectivity index (χ1v) is 8.96. The summed E-state index contributed by atoms with van der Waals surface area (Å²) in [6.07, 6.45) is 2.16. The van der Waals surface area contributed by atoms with Crippen LogP contribution in [0, 0.1) is 0 Å².